The molecular weight excluding hydrogens is 254 g/mol. The van der Waals surface area contributed by atoms with Gasteiger partial charge in [-0.3, -0.25) is 4.79 Å². The van der Waals surface area contributed by atoms with Crippen LogP contribution in [0.5, 0.6) is 0 Å². The van der Waals surface area contributed by atoms with Crippen molar-refractivity contribution in [3.8, 4) is 0 Å². The van der Waals surface area contributed by atoms with E-state index in [0.29, 0.717) is 0 Å². The van der Waals surface area contributed by atoms with Crippen molar-refractivity contribution in [3.05, 3.63) is 36.3 Å². The fourth-order valence-electron chi connectivity index (χ4n) is 2.94. The highest BCUT2D eigenvalue weighted by molar-refractivity contribution is 5.78. The molecule has 0 saturated heterocycles. The molecule has 106 valence electrons. The van der Waals surface area contributed by atoms with Crippen LogP contribution in [0.25, 0.3) is 5.65 Å². The van der Waals surface area contributed by atoms with Crippen molar-refractivity contribution in [2.45, 2.75) is 31.7 Å². The van der Waals surface area contributed by atoms with Gasteiger partial charge in [0, 0.05) is 31.0 Å². The van der Waals surface area contributed by atoms with Gasteiger partial charge in [0.1, 0.15) is 5.65 Å². The summed E-state index contributed by atoms with van der Waals surface area (Å²) in [6.07, 6.45) is 7.12. The van der Waals surface area contributed by atoms with Crippen LogP contribution >= 0.6 is 0 Å². The average molecular weight is 273 g/mol. The third-order valence-corrected chi connectivity index (χ3v) is 4.00. The zero-order chi connectivity index (χ0) is 13.9. The van der Waals surface area contributed by atoms with Crippen LogP contribution in [0, 0.1) is 5.92 Å². The summed E-state index contributed by atoms with van der Waals surface area (Å²) in [5.41, 5.74) is 1.62. The van der Waals surface area contributed by atoms with Crippen LogP contribution in [-0.4, -0.2) is 33.0 Å². The first kappa shape index (κ1) is 13.1. The van der Waals surface area contributed by atoms with E-state index < -0.39 is 0 Å². The summed E-state index contributed by atoms with van der Waals surface area (Å²) in [4.78, 5) is 16.5. The molecule has 2 N–H and O–H groups in total. The molecule has 1 fully saturated rings. The first-order valence-electron chi connectivity index (χ1n) is 7.09. The fraction of sp³-hybridized carbons (Fsp3) is 0.467. The van der Waals surface area contributed by atoms with Crippen LogP contribution in [0.15, 0.2) is 30.6 Å². The van der Waals surface area contributed by atoms with Crippen molar-refractivity contribution in [2.24, 2.45) is 5.92 Å². The Hall–Kier alpha value is -1.88. The molecule has 5 heteroatoms. The summed E-state index contributed by atoms with van der Waals surface area (Å²) < 4.78 is 1.91. The molecule has 0 aliphatic heterocycles. The van der Waals surface area contributed by atoms with Crippen LogP contribution in [-0.2, 0) is 11.2 Å². The van der Waals surface area contributed by atoms with Crippen molar-refractivity contribution in [1.82, 2.24) is 14.7 Å². The van der Waals surface area contributed by atoms with E-state index in [1.165, 1.54) is 0 Å². The minimum absolute atomic E-state index is 0.0150. The van der Waals surface area contributed by atoms with E-state index in [4.69, 9.17) is 0 Å². The summed E-state index contributed by atoms with van der Waals surface area (Å²) in [6.45, 7) is 0.152. The molecular formula is C15H19N3O2. The van der Waals surface area contributed by atoms with Gasteiger partial charge in [-0.2, -0.15) is 0 Å². The number of aromatic nitrogens is 2. The Kier molecular flexibility index (Phi) is 3.69. The molecule has 1 amide bonds. The molecule has 5 nitrogen and oxygen atoms in total. The zero-order valence-electron chi connectivity index (χ0n) is 11.3. The van der Waals surface area contributed by atoms with Gasteiger partial charge in [-0.15, -0.1) is 0 Å². The molecule has 2 aromatic heterocycles. The minimum atomic E-state index is -0.0150. The quantitative estimate of drug-likeness (QED) is 0.878. The van der Waals surface area contributed by atoms with Crippen molar-refractivity contribution >= 4 is 11.6 Å². The Labute approximate surface area is 117 Å². The summed E-state index contributed by atoms with van der Waals surface area (Å²) in [6, 6.07) is 5.89. The van der Waals surface area contributed by atoms with Crippen molar-refractivity contribution in [1.29, 1.82) is 0 Å². The van der Waals surface area contributed by atoms with Gasteiger partial charge < -0.3 is 14.8 Å². The molecule has 1 aliphatic carbocycles. The molecule has 0 bridgehead atoms. The molecule has 0 radical (unpaired) electrons. The predicted octanol–water partition coefficient (Wildman–Crippen LogP) is 1.15. The fourth-order valence-corrected chi connectivity index (χ4v) is 2.94. The largest absolute Gasteiger partial charge is 0.396 e. The smallest absolute Gasteiger partial charge is 0.226 e. The van der Waals surface area contributed by atoms with Crippen LogP contribution in [0.2, 0.25) is 0 Å². The lowest BCUT2D eigenvalue weighted by atomic mass is 10.0. The molecule has 1 saturated carbocycles. The van der Waals surface area contributed by atoms with Crippen LogP contribution < -0.4 is 5.32 Å². The molecule has 20 heavy (non-hydrogen) atoms. The van der Waals surface area contributed by atoms with E-state index in [0.717, 1.165) is 30.6 Å². The Morgan fingerprint density at radius 3 is 3.15 bits per heavy atom. The van der Waals surface area contributed by atoms with Gasteiger partial charge in [-0.05, 0) is 25.0 Å². The van der Waals surface area contributed by atoms with Gasteiger partial charge in [0.15, 0.2) is 0 Å². The first-order valence-corrected chi connectivity index (χ1v) is 7.09. The number of carbonyl (C=O) groups is 1. The predicted molar refractivity (Wildman–Crippen MR) is 75.3 cm³/mol. The number of nitrogens with zero attached hydrogens (tertiary/aromatic N) is 2. The maximum atomic E-state index is 12.1. The number of fused-ring (bicyclic) bond motifs is 1. The lowest BCUT2D eigenvalue weighted by Gasteiger charge is -2.18. The number of aliphatic hydroxyl groups excluding tert-OH is 1. The van der Waals surface area contributed by atoms with E-state index in [-0.39, 0.29) is 30.9 Å². The first-order chi connectivity index (χ1) is 9.76. The van der Waals surface area contributed by atoms with Crippen molar-refractivity contribution < 1.29 is 9.90 Å². The standard InChI is InChI=1S/C15H19N3O2/c19-10-11-4-3-5-13(11)17-15(20)8-12-9-18-7-2-1-6-14(18)16-12/h1-2,6-7,9,11,13,19H,3-5,8,10H2,(H,17,20). The number of aliphatic hydroxyl groups is 1. The average Bonchev–Trinajstić information content (AvgIpc) is 3.03. The van der Waals surface area contributed by atoms with Crippen molar-refractivity contribution in [3.63, 3.8) is 0 Å². The van der Waals surface area contributed by atoms with Gasteiger partial charge in [0.25, 0.3) is 0 Å². The molecule has 0 spiro atoms. The third kappa shape index (κ3) is 2.67. The molecule has 2 aromatic rings. The summed E-state index contributed by atoms with van der Waals surface area (Å²) >= 11 is 0. The molecule has 3 rings (SSSR count). The SMILES string of the molecule is O=C(Cc1cn2ccccc2n1)NC1CCCC1CO. The van der Waals surface area contributed by atoms with E-state index in [1.54, 1.807) is 0 Å². The summed E-state index contributed by atoms with van der Waals surface area (Å²) in [7, 11) is 0. The number of nitrogens with one attached hydrogen (secondary N) is 1. The number of amides is 1. The summed E-state index contributed by atoms with van der Waals surface area (Å²) in [5.74, 6) is 0.193. The Morgan fingerprint density at radius 1 is 1.45 bits per heavy atom. The molecule has 1 aliphatic rings. The molecule has 2 atom stereocenters. The van der Waals surface area contributed by atoms with Gasteiger partial charge in [-0.25, -0.2) is 4.98 Å². The number of hydrogen-bond donors (Lipinski definition) is 2. The Balaban J connectivity index is 1.63. The second kappa shape index (κ2) is 5.63. The van der Waals surface area contributed by atoms with Crippen molar-refractivity contribution in [2.75, 3.05) is 6.61 Å². The summed E-state index contributed by atoms with van der Waals surface area (Å²) in [5, 5.41) is 12.3. The second-order valence-corrected chi connectivity index (χ2v) is 5.42. The van der Waals surface area contributed by atoms with Gasteiger partial charge >= 0.3 is 0 Å². The monoisotopic (exact) mass is 273 g/mol. The van der Waals surface area contributed by atoms with Crippen LogP contribution in [0.1, 0.15) is 25.0 Å². The van der Waals surface area contributed by atoms with E-state index in [1.807, 2.05) is 35.0 Å². The van der Waals surface area contributed by atoms with Crippen LogP contribution in [0.4, 0.5) is 0 Å². The normalized spacial score (nSPS) is 22.2. The number of pyridine rings is 1. The maximum absolute atomic E-state index is 12.1. The highest BCUT2D eigenvalue weighted by Gasteiger charge is 2.27. The highest BCUT2D eigenvalue weighted by Crippen LogP contribution is 2.25. The van der Waals surface area contributed by atoms with E-state index in [9.17, 15) is 9.90 Å². The van der Waals surface area contributed by atoms with Gasteiger partial charge in [0.2, 0.25) is 5.91 Å². The highest BCUT2D eigenvalue weighted by atomic mass is 16.3. The minimum Gasteiger partial charge on any atom is -0.396 e. The van der Waals surface area contributed by atoms with Crippen LogP contribution in [0.3, 0.4) is 0 Å². The number of imidazole rings is 1. The second-order valence-electron chi connectivity index (χ2n) is 5.42. The maximum Gasteiger partial charge on any atom is 0.226 e. The zero-order valence-corrected chi connectivity index (χ0v) is 11.3. The molecule has 2 unspecified atom stereocenters. The number of carbonyl (C=O) groups excluding carboxylic acids is 1. The lowest BCUT2D eigenvalue weighted by Crippen LogP contribution is -2.39. The Bertz CT molecular complexity index is 575. The molecule has 2 heterocycles. The topological polar surface area (TPSA) is 66.6 Å². The number of rotatable bonds is 4. The van der Waals surface area contributed by atoms with E-state index in [2.05, 4.69) is 10.3 Å². The molecule has 0 aromatic carbocycles. The van der Waals surface area contributed by atoms with Gasteiger partial charge in [-0.1, -0.05) is 12.5 Å². The lowest BCUT2D eigenvalue weighted by molar-refractivity contribution is -0.121. The van der Waals surface area contributed by atoms with E-state index >= 15 is 0 Å². The third-order valence-electron chi connectivity index (χ3n) is 4.00. The Morgan fingerprint density at radius 2 is 2.35 bits per heavy atom. The van der Waals surface area contributed by atoms with Gasteiger partial charge in [0.05, 0.1) is 12.1 Å². The number of hydrogen-bond acceptors (Lipinski definition) is 3.